The highest BCUT2D eigenvalue weighted by atomic mass is 32.1. The van der Waals surface area contributed by atoms with Gasteiger partial charge in [-0.2, -0.15) is 5.10 Å². The Kier molecular flexibility index (Phi) is 4.26. The summed E-state index contributed by atoms with van der Waals surface area (Å²) in [7, 11) is 0. The van der Waals surface area contributed by atoms with E-state index in [-0.39, 0.29) is 12.0 Å². The number of thiocarbonyl (C=S) groups is 1. The number of nitrogens with one attached hydrogen (secondary N) is 1. The SMILES string of the molecule is CCn1ncc(/C=C2/NC(=S)N(CC3CCCO3)C2=O)c1C. The smallest absolute Gasteiger partial charge is 0.276 e. The average Bonchev–Trinajstić information content (AvgIpc) is 3.19. The van der Waals surface area contributed by atoms with E-state index in [0.717, 1.165) is 37.3 Å². The van der Waals surface area contributed by atoms with Crippen molar-refractivity contribution >= 4 is 29.3 Å². The van der Waals surface area contributed by atoms with Gasteiger partial charge < -0.3 is 10.1 Å². The predicted molar refractivity (Wildman–Crippen MR) is 87.0 cm³/mol. The molecular formula is C15H20N4O2S. The second kappa shape index (κ2) is 6.18. The molecule has 1 aromatic rings. The van der Waals surface area contributed by atoms with Gasteiger partial charge in [0.15, 0.2) is 5.11 Å². The van der Waals surface area contributed by atoms with Gasteiger partial charge in [0.25, 0.3) is 5.91 Å². The fourth-order valence-electron chi connectivity index (χ4n) is 2.81. The maximum atomic E-state index is 12.5. The molecule has 7 heteroatoms. The Morgan fingerprint density at radius 1 is 1.59 bits per heavy atom. The number of hydrogen-bond acceptors (Lipinski definition) is 4. The van der Waals surface area contributed by atoms with Crippen LogP contribution in [0.5, 0.6) is 0 Å². The maximum Gasteiger partial charge on any atom is 0.276 e. The van der Waals surface area contributed by atoms with Gasteiger partial charge in [0.1, 0.15) is 5.70 Å². The minimum Gasteiger partial charge on any atom is -0.376 e. The van der Waals surface area contributed by atoms with Crippen LogP contribution >= 0.6 is 12.2 Å². The summed E-state index contributed by atoms with van der Waals surface area (Å²) in [4.78, 5) is 14.1. The summed E-state index contributed by atoms with van der Waals surface area (Å²) >= 11 is 5.28. The molecule has 2 saturated heterocycles. The van der Waals surface area contributed by atoms with Crippen LogP contribution in [0.1, 0.15) is 31.0 Å². The molecule has 1 N–H and O–H groups in total. The molecule has 2 aliphatic heterocycles. The third-order valence-corrected chi connectivity index (χ3v) is 4.44. The lowest BCUT2D eigenvalue weighted by Crippen LogP contribution is -2.37. The minimum absolute atomic E-state index is 0.0904. The third-order valence-electron chi connectivity index (χ3n) is 4.11. The lowest BCUT2D eigenvalue weighted by Gasteiger charge is -2.18. The lowest BCUT2D eigenvalue weighted by atomic mass is 10.2. The Hall–Kier alpha value is -1.73. The molecule has 2 fully saturated rings. The van der Waals surface area contributed by atoms with E-state index >= 15 is 0 Å². The molecule has 118 valence electrons. The summed E-state index contributed by atoms with van der Waals surface area (Å²) in [5.74, 6) is -0.0934. The van der Waals surface area contributed by atoms with Crippen LogP contribution in [0.3, 0.4) is 0 Å². The first-order valence-corrected chi connectivity index (χ1v) is 7.99. The summed E-state index contributed by atoms with van der Waals surface area (Å²) in [5, 5.41) is 7.75. The molecule has 6 nitrogen and oxygen atoms in total. The molecule has 0 spiro atoms. The molecule has 3 heterocycles. The van der Waals surface area contributed by atoms with Crippen molar-refractivity contribution < 1.29 is 9.53 Å². The van der Waals surface area contributed by atoms with Gasteiger partial charge in [0.05, 0.1) is 18.8 Å². The molecule has 1 unspecified atom stereocenters. The Balaban J connectivity index is 1.77. The zero-order valence-electron chi connectivity index (χ0n) is 12.8. The summed E-state index contributed by atoms with van der Waals surface area (Å²) in [5.41, 5.74) is 2.47. The first-order chi connectivity index (χ1) is 10.6. The summed E-state index contributed by atoms with van der Waals surface area (Å²) in [6, 6.07) is 0. The van der Waals surface area contributed by atoms with E-state index in [0.29, 0.717) is 17.4 Å². The Bertz CT molecular complexity index is 631. The second-order valence-corrected chi connectivity index (χ2v) is 5.93. The van der Waals surface area contributed by atoms with Gasteiger partial charge in [0, 0.05) is 24.4 Å². The molecule has 1 aromatic heterocycles. The van der Waals surface area contributed by atoms with Crippen LogP contribution in [0.4, 0.5) is 0 Å². The molecule has 1 amide bonds. The highest BCUT2D eigenvalue weighted by molar-refractivity contribution is 7.80. The van der Waals surface area contributed by atoms with E-state index in [9.17, 15) is 4.79 Å². The number of aromatic nitrogens is 2. The first-order valence-electron chi connectivity index (χ1n) is 7.58. The standard InChI is InChI=1S/C15H20N4O2S/c1-3-19-10(2)11(8-16-19)7-13-14(20)18(15(22)17-13)9-12-5-4-6-21-12/h7-8,12H,3-6,9H2,1-2H3,(H,17,22)/b13-7+. The van der Waals surface area contributed by atoms with E-state index in [1.807, 2.05) is 24.6 Å². The van der Waals surface area contributed by atoms with Crippen LogP contribution in [0, 0.1) is 6.92 Å². The van der Waals surface area contributed by atoms with Crippen molar-refractivity contribution in [3.8, 4) is 0 Å². The van der Waals surface area contributed by atoms with Crippen molar-refractivity contribution in [2.75, 3.05) is 13.2 Å². The Morgan fingerprint density at radius 3 is 3.05 bits per heavy atom. The van der Waals surface area contributed by atoms with Crippen LogP contribution < -0.4 is 5.32 Å². The molecule has 3 rings (SSSR count). The monoisotopic (exact) mass is 320 g/mol. The number of carbonyl (C=O) groups excluding carboxylic acids is 1. The Labute approximate surface area is 135 Å². The van der Waals surface area contributed by atoms with Crippen LogP contribution in [0.2, 0.25) is 0 Å². The summed E-state index contributed by atoms with van der Waals surface area (Å²) < 4.78 is 7.49. The maximum absolute atomic E-state index is 12.5. The Morgan fingerprint density at radius 2 is 2.41 bits per heavy atom. The lowest BCUT2D eigenvalue weighted by molar-refractivity contribution is -0.123. The van der Waals surface area contributed by atoms with Crippen LogP contribution in [-0.4, -0.2) is 45.0 Å². The van der Waals surface area contributed by atoms with E-state index < -0.39 is 0 Å². The van der Waals surface area contributed by atoms with Crippen LogP contribution in [-0.2, 0) is 16.1 Å². The topological polar surface area (TPSA) is 59.4 Å². The van der Waals surface area contributed by atoms with E-state index in [4.69, 9.17) is 17.0 Å². The second-order valence-electron chi connectivity index (χ2n) is 5.54. The number of rotatable bonds is 4. The average molecular weight is 320 g/mol. The first kappa shape index (κ1) is 15.2. The molecular weight excluding hydrogens is 300 g/mol. The zero-order chi connectivity index (χ0) is 15.7. The minimum atomic E-state index is -0.0934. The quantitative estimate of drug-likeness (QED) is 0.672. The third kappa shape index (κ3) is 2.78. The van der Waals surface area contributed by atoms with Crippen molar-refractivity contribution in [1.82, 2.24) is 20.0 Å². The van der Waals surface area contributed by atoms with Crippen molar-refractivity contribution in [3.05, 3.63) is 23.2 Å². The molecule has 1 atom stereocenters. The largest absolute Gasteiger partial charge is 0.376 e. The number of nitrogens with zero attached hydrogens (tertiary/aromatic N) is 3. The molecule has 0 aliphatic carbocycles. The van der Waals surface area contributed by atoms with Gasteiger partial charge in [-0.15, -0.1) is 0 Å². The van der Waals surface area contributed by atoms with Gasteiger partial charge >= 0.3 is 0 Å². The summed E-state index contributed by atoms with van der Waals surface area (Å²) in [6.45, 7) is 6.12. The van der Waals surface area contributed by atoms with Crippen LogP contribution in [0.25, 0.3) is 6.08 Å². The normalized spacial score (nSPS) is 23.6. The number of aryl methyl sites for hydroxylation is 1. The van der Waals surface area contributed by atoms with E-state index in [2.05, 4.69) is 10.4 Å². The molecule has 0 bridgehead atoms. The molecule has 22 heavy (non-hydrogen) atoms. The predicted octanol–water partition coefficient (Wildman–Crippen LogP) is 1.45. The zero-order valence-corrected chi connectivity index (χ0v) is 13.7. The number of carbonyl (C=O) groups is 1. The fraction of sp³-hybridized carbons (Fsp3) is 0.533. The molecule has 2 aliphatic rings. The highest BCUT2D eigenvalue weighted by Gasteiger charge is 2.33. The number of ether oxygens (including phenoxy) is 1. The van der Waals surface area contributed by atoms with E-state index in [1.54, 1.807) is 11.1 Å². The van der Waals surface area contributed by atoms with E-state index in [1.165, 1.54) is 0 Å². The van der Waals surface area contributed by atoms with Crippen molar-refractivity contribution in [2.24, 2.45) is 0 Å². The number of hydrogen-bond donors (Lipinski definition) is 1. The van der Waals surface area contributed by atoms with Gasteiger partial charge in [-0.25, -0.2) is 0 Å². The van der Waals surface area contributed by atoms with Gasteiger partial charge in [-0.1, -0.05) is 0 Å². The molecule has 0 aromatic carbocycles. The molecule has 0 saturated carbocycles. The van der Waals surface area contributed by atoms with Gasteiger partial charge in [-0.05, 0) is 45.0 Å². The van der Waals surface area contributed by atoms with Gasteiger partial charge in [0.2, 0.25) is 0 Å². The number of amides is 1. The molecule has 0 radical (unpaired) electrons. The van der Waals surface area contributed by atoms with Crippen LogP contribution in [0.15, 0.2) is 11.9 Å². The van der Waals surface area contributed by atoms with Gasteiger partial charge in [-0.3, -0.25) is 14.4 Å². The van der Waals surface area contributed by atoms with Crippen molar-refractivity contribution in [1.29, 1.82) is 0 Å². The van der Waals surface area contributed by atoms with Crippen molar-refractivity contribution in [3.63, 3.8) is 0 Å². The van der Waals surface area contributed by atoms with Crippen molar-refractivity contribution in [2.45, 2.75) is 39.3 Å². The highest BCUT2D eigenvalue weighted by Crippen LogP contribution is 2.20. The summed E-state index contributed by atoms with van der Waals surface area (Å²) in [6.07, 6.45) is 5.71. The fourth-order valence-corrected chi connectivity index (χ4v) is 3.07.